The van der Waals surface area contributed by atoms with Crippen molar-refractivity contribution in [1.29, 1.82) is 0 Å². The fraction of sp³-hybridized carbons (Fsp3) is 0.556. The molecule has 3 N–H and O–H groups in total. The highest BCUT2D eigenvalue weighted by Gasteiger charge is 2.22. The van der Waals surface area contributed by atoms with Gasteiger partial charge in [-0.05, 0) is 19.4 Å². The van der Waals surface area contributed by atoms with Crippen molar-refractivity contribution in [2.24, 2.45) is 5.73 Å². The van der Waals surface area contributed by atoms with E-state index in [1.807, 2.05) is 12.4 Å². The average molecular weight is 178 g/mol. The summed E-state index contributed by atoms with van der Waals surface area (Å²) in [5.74, 6) is 0. The van der Waals surface area contributed by atoms with Crippen LogP contribution in [0.2, 0.25) is 0 Å². The summed E-state index contributed by atoms with van der Waals surface area (Å²) in [6, 6.07) is 0.426. The van der Waals surface area contributed by atoms with Crippen LogP contribution in [0.15, 0.2) is 18.7 Å². The lowest BCUT2D eigenvalue weighted by Gasteiger charge is -2.29. The topological polar surface area (TPSA) is 63.8 Å². The Morgan fingerprint density at radius 3 is 2.85 bits per heavy atom. The first-order valence-corrected chi connectivity index (χ1v) is 4.62. The number of hydrogen-bond acceptors (Lipinski definition) is 4. The molecule has 70 valence electrons. The molecule has 1 aromatic rings. The fourth-order valence-electron chi connectivity index (χ4n) is 1.75. The second-order valence-corrected chi connectivity index (χ2v) is 3.41. The molecule has 0 aromatic carbocycles. The van der Waals surface area contributed by atoms with Gasteiger partial charge in [0.15, 0.2) is 0 Å². The molecular formula is C9H14N4. The lowest BCUT2D eigenvalue weighted by atomic mass is 9.95. The van der Waals surface area contributed by atoms with Gasteiger partial charge in [-0.1, -0.05) is 0 Å². The first-order chi connectivity index (χ1) is 6.38. The molecule has 4 nitrogen and oxygen atoms in total. The zero-order chi connectivity index (χ0) is 9.10. The van der Waals surface area contributed by atoms with Crippen LogP contribution in [-0.2, 0) is 0 Å². The van der Waals surface area contributed by atoms with E-state index in [0.29, 0.717) is 0 Å². The monoisotopic (exact) mass is 178 g/mol. The molecule has 0 bridgehead atoms. The van der Waals surface area contributed by atoms with Crippen LogP contribution in [0.4, 0.5) is 0 Å². The number of nitrogens with zero attached hydrogens (tertiary/aromatic N) is 2. The Hall–Kier alpha value is -1.00. The number of hydrogen-bond donors (Lipinski definition) is 2. The molecule has 1 fully saturated rings. The van der Waals surface area contributed by atoms with Gasteiger partial charge in [-0.2, -0.15) is 0 Å². The third kappa shape index (κ3) is 1.84. The Morgan fingerprint density at radius 1 is 1.38 bits per heavy atom. The smallest absolute Gasteiger partial charge is 0.115 e. The van der Waals surface area contributed by atoms with Crippen molar-refractivity contribution in [2.45, 2.75) is 24.9 Å². The predicted molar refractivity (Wildman–Crippen MR) is 50.0 cm³/mol. The minimum atomic E-state index is 0.194. The molecule has 4 heteroatoms. The number of nitrogens with one attached hydrogen (secondary N) is 1. The average Bonchev–Trinajstić information content (AvgIpc) is 2.20. The van der Waals surface area contributed by atoms with Crippen LogP contribution in [0, 0.1) is 0 Å². The number of rotatable bonds is 1. The predicted octanol–water partition coefficient (Wildman–Crippen LogP) is 0.228. The number of nitrogens with two attached hydrogens (primary N) is 1. The minimum absolute atomic E-state index is 0.194. The zero-order valence-electron chi connectivity index (χ0n) is 7.48. The van der Waals surface area contributed by atoms with Crippen molar-refractivity contribution in [1.82, 2.24) is 15.3 Å². The van der Waals surface area contributed by atoms with Gasteiger partial charge in [-0.3, -0.25) is 0 Å². The molecule has 0 aliphatic carbocycles. The Bertz CT molecular complexity index is 262. The van der Waals surface area contributed by atoms with E-state index in [0.717, 1.165) is 24.9 Å². The highest BCUT2D eigenvalue weighted by atomic mass is 15.0. The normalized spacial score (nSPS) is 28.7. The summed E-state index contributed by atoms with van der Waals surface area (Å²) in [5.41, 5.74) is 7.09. The summed E-state index contributed by atoms with van der Waals surface area (Å²) in [5, 5.41) is 3.38. The zero-order valence-corrected chi connectivity index (χ0v) is 7.48. The minimum Gasteiger partial charge on any atom is -0.326 e. The maximum Gasteiger partial charge on any atom is 0.115 e. The van der Waals surface area contributed by atoms with E-state index >= 15 is 0 Å². The maximum absolute atomic E-state index is 5.99. The van der Waals surface area contributed by atoms with E-state index in [4.69, 9.17) is 5.73 Å². The third-order valence-corrected chi connectivity index (χ3v) is 2.45. The van der Waals surface area contributed by atoms with Crippen molar-refractivity contribution < 1.29 is 0 Å². The molecule has 1 saturated heterocycles. The van der Waals surface area contributed by atoms with E-state index in [1.54, 1.807) is 0 Å². The summed E-state index contributed by atoms with van der Waals surface area (Å²) in [4.78, 5) is 7.98. The lowest BCUT2D eigenvalue weighted by Crippen LogP contribution is -2.42. The van der Waals surface area contributed by atoms with E-state index in [1.165, 1.54) is 6.33 Å². The van der Waals surface area contributed by atoms with E-state index in [-0.39, 0.29) is 12.1 Å². The van der Waals surface area contributed by atoms with Crippen LogP contribution in [-0.4, -0.2) is 22.6 Å². The van der Waals surface area contributed by atoms with Crippen LogP contribution in [0.3, 0.4) is 0 Å². The second-order valence-electron chi connectivity index (χ2n) is 3.41. The van der Waals surface area contributed by atoms with E-state index < -0.39 is 0 Å². The van der Waals surface area contributed by atoms with Crippen LogP contribution < -0.4 is 11.1 Å². The molecule has 2 rings (SSSR count). The first-order valence-electron chi connectivity index (χ1n) is 4.62. The van der Waals surface area contributed by atoms with Crippen molar-refractivity contribution in [3.05, 3.63) is 24.3 Å². The van der Waals surface area contributed by atoms with Crippen LogP contribution in [0.25, 0.3) is 0 Å². The quantitative estimate of drug-likeness (QED) is 0.646. The number of aromatic nitrogens is 2. The molecule has 1 aliphatic heterocycles. The van der Waals surface area contributed by atoms with Crippen LogP contribution in [0.1, 0.15) is 24.4 Å². The number of piperidine rings is 1. The molecule has 0 spiro atoms. The summed E-state index contributed by atoms with van der Waals surface area (Å²) in [7, 11) is 0. The molecular weight excluding hydrogens is 164 g/mol. The van der Waals surface area contributed by atoms with Crippen molar-refractivity contribution in [3.63, 3.8) is 0 Å². The van der Waals surface area contributed by atoms with Gasteiger partial charge in [-0.25, -0.2) is 9.97 Å². The summed E-state index contributed by atoms with van der Waals surface area (Å²) in [6.45, 7) is 1.03. The summed E-state index contributed by atoms with van der Waals surface area (Å²) in [6.07, 6.45) is 7.43. The van der Waals surface area contributed by atoms with Crippen molar-refractivity contribution >= 4 is 0 Å². The van der Waals surface area contributed by atoms with Gasteiger partial charge >= 0.3 is 0 Å². The third-order valence-electron chi connectivity index (χ3n) is 2.45. The molecule has 0 amide bonds. The summed E-state index contributed by atoms with van der Waals surface area (Å²) >= 11 is 0. The Balaban J connectivity index is 2.15. The van der Waals surface area contributed by atoms with Gasteiger partial charge in [-0.15, -0.1) is 0 Å². The van der Waals surface area contributed by atoms with Crippen LogP contribution in [0.5, 0.6) is 0 Å². The second kappa shape index (κ2) is 3.81. The molecule has 2 unspecified atom stereocenters. The van der Waals surface area contributed by atoms with Crippen molar-refractivity contribution in [2.75, 3.05) is 6.54 Å². The van der Waals surface area contributed by atoms with Gasteiger partial charge in [0, 0.05) is 24.0 Å². The molecule has 1 aromatic heterocycles. The molecule has 2 atom stereocenters. The highest BCUT2D eigenvalue weighted by Crippen LogP contribution is 2.20. The Kier molecular flexibility index (Phi) is 2.52. The largest absolute Gasteiger partial charge is 0.326 e. The SMILES string of the molecule is NC1CCCNC1c1cncnc1. The Morgan fingerprint density at radius 2 is 2.15 bits per heavy atom. The van der Waals surface area contributed by atoms with Gasteiger partial charge in [0.2, 0.25) is 0 Å². The maximum atomic E-state index is 5.99. The van der Waals surface area contributed by atoms with Crippen molar-refractivity contribution in [3.8, 4) is 0 Å². The van der Waals surface area contributed by atoms with Gasteiger partial charge < -0.3 is 11.1 Å². The first kappa shape index (κ1) is 8.59. The molecule has 2 heterocycles. The molecule has 1 aliphatic rings. The molecule has 13 heavy (non-hydrogen) atoms. The van der Waals surface area contributed by atoms with E-state index in [2.05, 4.69) is 15.3 Å². The lowest BCUT2D eigenvalue weighted by molar-refractivity contribution is 0.357. The fourth-order valence-corrected chi connectivity index (χ4v) is 1.75. The molecule has 0 saturated carbocycles. The molecule has 0 radical (unpaired) electrons. The van der Waals surface area contributed by atoms with Gasteiger partial charge in [0.25, 0.3) is 0 Å². The Labute approximate surface area is 77.6 Å². The summed E-state index contributed by atoms with van der Waals surface area (Å²) < 4.78 is 0. The van der Waals surface area contributed by atoms with E-state index in [9.17, 15) is 0 Å². The standard InChI is InChI=1S/C9H14N4/c10-8-2-1-3-13-9(8)7-4-11-6-12-5-7/h4-6,8-9,13H,1-3,10H2. The van der Waals surface area contributed by atoms with Crippen LogP contribution >= 0.6 is 0 Å². The van der Waals surface area contributed by atoms with Gasteiger partial charge in [0.1, 0.15) is 6.33 Å². The van der Waals surface area contributed by atoms with Gasteiger partial charge in [0.05, 0.1) is 6.04 Å². The highest BCUT2D eigenvalue weighted by molar-refractivity contribution is 5.12.